The van der Waals surface area contributed by atoms with Crippen molar-refractivity contribution in [1.29, 1.82) is 0 Å². The van der Waals surface area contributed by atoms with Gasteiger partial charge in [-0.2, -0.15) is 0 Å². The normalized spacial score (nSPS) is 17.5. The summed E-state index contributed by atoms with van der Waals surface area (Å²) in [6, 6.07) is 14.8. The summed E-state index contributed by atoms with van der Waals surface area (Å²) in [5.74, 6) is 0.208. The molecule has 2 N–H and O–H groups in total. The molecule has 1 unspecified atom stereocenters. The molecule has 2 aromatic carbocycles. The molecule has 1 heterocycles. The van der Waals surface area contributed by atoms with Gasteiger partial charge in [0, 0.05) is 11.8 Å². The second-order valence-electron chi connectivity index (χ2n) is 5.13. The largest absolute Gasteiger partial charge is 0.507 e. The molecule has 112 valence electrons. The Morgan fingerprint density at radius 2 is 2.00 bits per heavy atom. The summed E-state index contributed by atoms with van der Waals surface area (Å²) in [6.07, 6.45) is 2.01. The van der Waals surface area contributed by atoms with Crippen molar-refractivity contribution in [3.8, 4) is 5.75 Å². The van der Waals surface area contributed by atoms with Crippen molar-refractivity contribution in [2.45, 2.75) is 12.5 Å². The number of ether oxygens (including phenoxy) is 1. The van der Waals surface area contributed by atoms with Gasteiger partial charge in [0.25, 0.3) is 0 Å². The molecule has 0 bridgehead atoms. The molecular weight excluding hydrogens is 280 g/mol. The second kappa shape index (κ2) is 6.30. The lowest BCUT2D eigenvalue weighted by Crippen LogP contribution is -2.28. The summed E-state index contributed by atoms with van der Waals surface area (Å²) < 4.78 is 4.86. The maximum absolute atomic E-state index is 11.0. The SMILES string of the molecule is O=C1NC(Cc2ccc(N=Cc3ccccc3O)cc2)CO1. The topological polar surface area (TPSA) is 70.9 Å². The van der Waals surface area contributed by atoms with E-state index in [0.717, 1.165) is 17.7 Å². The zero-order valence-electron chi connectivity index (χ0n) is 11.9. The number of benzene rings is 2. The Morgan fingerprint density at radius 1 is 1.23 bits per heavy atom. The van der Waals surface area contributed by atoms with Crippen molar-refractivity contribution >= 4 is 18.0 Å². The van der Waals surface area contributed by atoms with E-state index in [9.17, 15) is 9.90 Å². The molecule has 1 amide bonds. The number of hydrogen-bond donors (Lipinski definition) is 2. The Kier molecular flexibility index (Phi) is 4.05. The highest BCUT2D eigenvalue weighted by molar-refractivity contribution is 5.85. The number of aliphatic imine (C=N–C) groups is 1. The number of nitrogens with one attached hydrogen (secondary N) is 1. The fraction of sp³-hybridized carbons (Fsp3) is 0.176. The van der Waals surface area contributed by atoms with E-state index >= 15 is 0 Å². The molecule has 1 aliphatic heterocycles. The Morgan fingerprint density at radius 3 is 2.68 bits per heavy atom. The number of para-hydroxylation sites is 1. The highest BCUT2D eigenvalue weighted by atomic mass is 16.6. The van der Waals surface area contributed by atoms with Gasteiger partial charge in [-0.15, -0.1) is 0 Å². The zero-order valence-corrected chi connectivity index (χ0v) is 11.9. The lowest BCUT2D eigenvalue weighted by molar-refractivity contribution is 0.177. The van der Waals surface area contributed by atoms with Crippen LogP contribution in [-0.4, -0.2) is 30.1 Å². The van der Waals surface area contributed by atoms with Gasteiger partial charge in [0.05, 0.1) is 11.7 Å². The first kappa shape index (κ1) is 14.1. The minimum Gasteiger partial charge on any atom is -0.507 e. The van der Waals surface area contributed by atoms with Gasteiger partial charge in [-0.25, -0.2) is 4.79 Å². The number of alkyl carbamates (subject to hydrolysis) is 1. The minimum absolute atomic E-state index is 0.0307. The third-order valence-corrected chi connectivity index (χ3v) is 3.45. The molecule has 1 aliphatic rings. The number of carbonyl (C=O) groups is 1. The van der Waals surface area contributed by atoms with Crippen molar-refractivity contribution in [3.05, 3.63) is 59.7 Å². The third-order valence-electron chi connectivity index (χ3n) is 3.45. The monoisotopic (exact) mass is 296 g/mol. The predicted molar refractivity (Wildman–Crippen MR) is 83.8 cm³/mol. The molecule has 1 saturated heterocycles. The lowest BCUT2D eigenvalue weighted by Gasteiger charge is -2.07. The Hall–Kier alpha value is -2.82. The molecule has 0 saturated carbocycles. The number of amides is 1. The molecule has 22 heavy (non-hydrogen) atoms. The van der Waals surface area contributed by atoms with Crippen molar-refractivity contribution in [2.24, 2.45) is 4.99 Å². The Labute approximate surface area is 128 Å². The van der Waals surface area contributed by atoms with Crippen LogP contribution in [0.2, 0.25) is 0 Å². The van der Waals surface area contributed by atoms with Crippen molar-refractivity contribution in [3.63, 3.8) is 0 Å². The van der Waals surface area contributed by atoms with E-state index < -0.39 is 0 Å². The van der Waals surface area contributed by atoms with Crippen LogP contribution >= 0.6 is 0 Å². The van der Waals surface area contributed by atoms with Gasteiger partial charge in [0.2, 0.25) is 0 Å². The maximum Gasteiger partial charge on any atom is 0.407 e. The molecule has 3 rings (SSSR count). The van der Waals surface area contributed by atoms with Gasteiger partial charge in [-0.05, 0) is 36.2 Å². The van der Waals surface area contributed by atoms with Crippen molar-refractivity contribution < 1.29 is 14.6 Å². The molecule has 0 spiro atoms. The number of aromatic hydroxyl groups is 1. The molecule has 1 atom stereocenters. The van der Waals surface area contributed by atoms with Crippen LogP contribution in [0.25, 0.3) is 0 Å². The van der Waals surface area contributed by atoms with Crippen LogP contribution in [0.3, 0.4) is 0 Å². The first-order chi connectivity index (χ1) is 10.7. The van der Waals surface area contributed by atoms with E-state index in [4.69, 9.17) is 4.74 Å². The van der Waals surface area contributed by atoms with Gasteiger partial charge in [-0.1, -0.05) is 24.3 Å². The van der Waals surface area contributed by atoms with Gasteiger partial charge < -0.3 is 15.2 Å². The lowest BCUT2D eigenvalue weighted by atomic mass is 10.1. The molecule has 0 radical (unpaired) electrons. The number of phenols is 1. The molecule has 5 heteroatoms. The van der Waals surface area contributed by atoms with E-state index in [1.54, 1.807) is 24.4 Å². The number of nitrogens with zero attached hydrogens (tertiary/aromatic N) is 1. The number of carbonyl (C=O) groups excluding carboxylic acids is 1. The van der Waals surface area contributed by atoms with Gasteiger partial charge in [0.15, 0.2) is 0 Å². The van der Waals surface area contributed by atoms with Gasteiger partial charge >= 0.3 is 6.09 Å². The first-order valence-corrected chi connectivity index (χ1v) is 7.05. The van der Waals surface area contributed by atoms with Crippen LogP contribution in [0.4, 0.5) is 10.5 Å². The second-order valence-corrected chi connectivity index (χ2v) is 5.13. The summed E-state index contributed by atoms with van der Waals surface area (Å²) in [5.41, 5.74) is 2.59. The van der Waals surface area contributed by atoms with E-state index in [1.807, 2.05) is 30.3 Å². The predicted octanol–water partition coefficient (Wildman–Crippen LogP) is 2.79. The van der Waals surface area contributed by atoms with E-state index in [1.165, 1.54) is 0 Å². The van der Waals surface area contributed by atoms with Crippen LogP contribution in [0.1, 0.15) is 11.1 Å². The number of hydrogen-bond acceptors (Lipinski definition) is 4. The van der Waals surface area contributed by atoms with E-state index in [0.29, 0.717) is 12.2 Å². The van der Waals surface area contributed by atoms with Crippen molar-refractivity contribution in [2.75, 3.05) is 6.61 Å². The zero-order chi connectivity index (χ0) is 15.4. The average Bonchev–Trinajstić information content (AvgIpc) is 2.93. The Balaban J connectivity index is 1.64. The van der Waals surface area contributed by atoms with Gasteiger partial charge in [-0.3, -0.25) is 4.99 Å². The van der Waals surface area contributed by atoms with E-state index in [-0.39, 0.29) is 17.9 Å². The summed E-state index contributed by atoms with van der Waals surface area (Å²) >= 11 is 0. The van der Waals surface area contributed by atoms with Gasteiger partial charge in [0.1, 0.15) is 12.4 Å². The number of rotatable bonds is 4. The molecule has 1 fully saturated rings. The quantitative estimate of drug-likeness (QED) is 0.852. The number of cyclic esters (lactones) is 1. The van der Waals surface area contributed by atoms with Crippen LogP contribution in [0, 0.1) is 0 Å². The molecule has 2 aromatic rings. The smallest absolute Gasteiger partial charge is 0.407 e. The number of phenolic OH excluding ortho intramolecular Hbond substituents is 1. The minimum atomic E-state index is -0.353. The fourth-order valence-corrected chi connectivity index (χ4v) is 2.28. The van der Waals surface area contributed by atoms with Crippen LogP contribution < -0.4 is 5.32 Å². The summed E-state index contributed by atoms with van der Waals surface area (Å²) in [6.45, 7) is 0.409. The van der Waals surface area contributed by atoms with Crippen LogP contribution in [0.5, 0.6) is 5.75 Å². The summed E-state index contributed by atoms with van der Waals surface area (Å²) in [4.78, 5) is 15.3. The first-order valence-electron chi connectivity index (χ1n) is 7.05. The molecule has 0 aliphatic carbocycles. The molecule has 0 aromatic heterocycles. The average molecular weight is 296 g/mol. The molecule has 5 nitrogen and oxygen atoms in total. The van der Waals surface area contributed by atoms with Crippen molar-refractivity contribution in [1.82, 2.24) is 5.32 Å². The summed E-state index contributed by atoms with van der Waals surface area (Å²) in [5, 5.41) is 12.4. The Bertz CT molecular complexity index is 695. The van der Waals surface area contributed by atoms with Crippen LogP contribution in [0.15, 0.2) is 53.5 Å². The maximum atomic E-state index is 11.0. The van der Waals surface area contributed by atoms with Crippen LogP contribution in [-0.2, 0) is 11.2 Å². The third kappa shape index (κ3) is 3.44. The molecular formula is C17H16N2O3. The summed E-state index contributed by atoms with van der Waals surface area (Å²) in [7, 11) is 0. The highest BCUT2D eigenvalue weighted by Crippen LogP contribution is 2.18. The highest BCUT2D eigenvalue weighted by Gasteiger charge is 2.21. The van der Waals surface area contributed by atoms with E-state index in [2.05, 4.69) is 10.3 Å². The fourth-order valence-electron chi connectivity index (χ4n) is 2.28. The standard InChI is InChI=1S/C17H16N2O3/c20-16-4-2-1-3-13(16)10-18-14-7-5-12(6-8-14)9-15-11-22-17(21)19-15/h1-8,10,15,20H,9,11H2,(H,19,21).